The van der Waals surface area contributed by atoms with Crippen LogP contribution >= 0.6 is 0 Å². The van der Waals surface area contributed by atoms with E-state index in [0.717, 1.165) is 9.13 Å². The van der Waals surface area contributed by atoms with Gasteiger partial charge in [-0.25, -0.2) is 9.97 Å². The zero-order valence-corrected chi connectivity index (χ0v) is 15.8. The molecule has 0 saturated carbocycles. The summed E-state index contributed by atoms with van der Waals surface area (Å²) in [6, 6.07) is 2.75. The van der Waals surface area contributed by atoms with Crippen molar-refractivity contribution in [3.8, 4) is 0 Å². The smallest absolute Gasteiger partial charge is 0.261 e. The molecule has 1 aromatic carbocycles. The molecule has 0 amide bonds. The second-order valence-electron chi connectivity index (χ2n) is 7.07. The van der Waals surface area contributed by atoms with Crippen LogP contribution in [0.1, 0.15) is 0 Å². The highest BCUT2D eigenvalue weighted by atomic mass is 16.2. The summed E-state index contributed by atoms with van der Waals surface area (Å²) in [5.74, 6) is 0. The predicted octanol–water partition coefficient (Wildman–Crippen LogP) is -0.294. The standard InChI is InChI=1S/C20H16N6O4/c27-17-13-9-15-16(20(30)26(19(15)29)8-6-24-4-2-22-12-24)10-14(13)18(28)25(17)7-5-23-3-1-21-11-23/h1-4,9-12H,5-8H2. The number of aryl methyl sites for hydroxylation is 2. The molecule has 10 heteroatoms. The summed E-state index contributed by atoms with van der Waals surface area (Å²) in [5, 5.41) is 0.618. The largest absolute Gasteiger partial charge is 0.336 e. The topological polar surface area (TPSA) is 114 Å². The van der Waals surface area contributed by atoms with Gasteiger partial charge < -0.3 is 9.13 Å². The minimum Gasteiger partial charge on any atom is -0.336 e. The van der Waals surface area contributed by atoms with Crippen LogP contribution in [0.15, 0.2) is 68.8 Å². The summed E-state index contributed by atoms with van der Waals surface area (Å²) < 4.78 is 5.78. The average molecular weight is 404 g/mol. The molecule has 30 heavy (non-hydrogen) atoms. The fraction of sp³-hybridized carbons (Fsp3) is 0.200. The average Bonchev–Trinajstić information content (AvgIpc) is 3.52. The van der Waals surface area contributed by atoms with Crippen LogP contribution in [0.3, 0.4) is 0 Å². The van der Waals surface area contributed by atoms with Crippen molar-refractivity contribution in [1.29, 1.82) is 0 Å². The molecule has 0 aliphatic rings. The SMILES string of the molecule is O=c1c2cc3c(=O)n(CCn4ccnc4)c(=O)c3cc2c(=O)n1CCn1ccnc1. The lowest BCUT2D eigenvalue weighted by molar-refractivity contribution is 0.561. The van der Waals surface area contributed by atoms with E-state index >= 15 is 0 Å². The number of aromatic nitrogens is 6. The first kappa shape index (κ1) is 18.0. The van der Waals surface area contributed by atoms with Crippen LogP contribution in [-0.2, 0) is 26.2 Å². The highest BCUT2D eigenvalue weighted by Gasteiger charge is 2.19. The molecule has 5 aromatic rings. The first-order valence-electron chi connectivity index (χ1n) is 9.36. The van der Waals surface area contributed by atoms with Crippen LogP contribution in [0.4, 0.5) is 0 Å². The normalized spacial score (nSPS) is 11.7. The Balaban J connectivity index is 1.58. The second kappa shape index (κ2) is 6.76. The monoisotopic (exact) mass is 404 g/mol. The Morgan fingerprint density at radius 2 is 0.933 bits per heavy atom. The van der Waals surface area contributed by atoms with Crippen molar-refractivity contribution in [2.75, 3.05) is 0 Å². The van der Waals surface area contributed by atoms with Gasteiger partial charge in [0.15, 0.2) is 0 Å². The minimum atomic E-state index is -0.463. The van der Waals surface area contributed by atoms with Crippen molar-refractivity contribution < 1.29 is 0 Å². The van der Waals surface area contributed by atoms with Gasteiger partial charge in [-0.2, -0.15) is 0 Å². The van der Waals surface area contributed by atoms with Crippen LogP contribution < -0.4 is 22.2 Å². The molecular formula is C20H16N6O4. The molecule has 4 heterocycles. The number of benzene rings is 1. The molecular weight excluding hydrogens is 388 g/mol. The molecule has 0 N–H and O–H groups in total. The third-order valence-electron chi connectivity index (χ3n) is 5.34. The number of fused-ring (bicyclic) bond motifs is 2. The molecule has 0 bridgehead atoms. The molecule has 0 saturated heterocycles. The van der Waals surface area contributed by atoms with Gasteiger partial charge in [-0.15, -0.1) is 0 Å². The maximum Gasteiger partial charge on any atom is 0.261 e. The Bertz CT molecular complexity index is 1370. The highest BCUT2D eigenvalue weighted by Crippen LogP contribution is 2.14. The Morgan fingerprint density at radius 3 is 1.23 bits per heavy atom. The van der Waals surface area contributed by atoms with Gasteiger partial charge in [-0.3, -0.25) is 28.3 Å². The van der Waals surface area contributed by atoms with E-state index in [9.17, 15) is 19.2 Å². The minimum absolute atomic E-state index is 0.155. The van der Waals surface area contributed by atoms with E-state index in [1.54, 1.807) is 46.6 Å². The Labute approximate surface area is 167 Å². The molecule has 0 fully saturated rings. The van der Waals surface area contributed by atoms with Crippen LogP contribution in [0.5, 0.6) is 0 Å². The molecule has 0 aliphatic heterocycles. The fourth-order valence-corrected chi connectivity index (χ4v) is 3.75. The molecule has 10 nitrogen and oxygen atoms in total. The number of imidazole rings is 2. The van der Waals surface area contributed by atoms with Crippen LogP contribution in [0, 0.1) is 0 Å². The summed E-state index contributed by atoms with van der Waals surface area (Å²) in [6.07, 6.45) is 9.90. The van der Waals surface area contributed by atoms with E-state index in [1.165, 1.54) is 12.1 Å². The maximum atomic E-state index is 12.8. The van der Waals surface area contributed by atoms with Gasteiger partial charge in [-0.05, 0) is 12.1 Å². The van der Waals surface area contributed by atoms with Crippen molar-refractivity contribution in [1.82, 2.24) is 28.2 Å². The van der Waals surface area contributed by atoms with E-state index in [0.29, 0.717) is 13.1 Å². The Kier molecular flexibility index (Phi) is 4.05. The van der Waals surface area contributed by atoms with Crippen molar-refractivity contribution in [2.24, 2.45) is 0 Å². The quantitative estimate of drug-likeness (QED) is 0.384. The van der Waals surface area contributed by atoms with Crippen LogP contribution in [0.2, 0.25) is 0 Å². The number of hydrogen-bond acceptors (Lipinski definition) is 6. The number of hydrogen-bond donors (Lipinski definition) is 0. The molecule has 150 valence electrons. The molecule has 0 atom stereocenters. The highest BCUT2D eigenvalue weighted by molar-refractivity contribution is 5.97. The number of nitrogens with zero attached hydrogens (tertiary/aromatic N) is 6. The molecule has 4 aromatic heterocycles. The van der Waals surface area contributed by atoms with Crippen molar-refractivity contribution in [2.45, 2.75) is 26.2 Å². The Hall–Kier alpha value is -4.08. The van der Waals surface area contributed by atoms with E-state index in [1.807, 2.05) is 0 Å². The maximum absolute atomic E-state index is 12.8. The number of rotatable bonds is 6. The summed E-state index contributed by atoms with van der Waals surface area (Å²) >= 11 is 0. The molecule has 5 rings (SSSR count). The van der Waals surface area contributed by atoms with E-state index < -0.39 is 22.2 Å². The van der Waals surface area contributed by atoms with Gasteiger partial charge in [0.25, 0.3) is 22.2 Å². The second-order valence-corrected chi connectivity index (χ2v) is 7.07. The van der Waals surface area contributed by atoms with Gasteiger partial charge in [0.2, 0.25) is 0 Å². The lowest BCUT2D eigenvalue weighted by Crippen LogP contribution is -2.28. The molecule has 0 aliphatic carbocycles. The van der Waals surface area contributed by atoms with Crippen LogP contribution in [-0.4, -0.2) is 28.2 Å². The zero-order valence-electron chi connectivity index (χ0n) is 15.8. The van der Waals surface area contributed by atoms with Gasteiger partial charge in [0.05, 0.1) is 34.2 Å². The van der Waals surface area contributed by atoms with Crippen molar-refractivity contribution in [3.63, 3.8) is 0 Å². The molecule has 0 spiro atoms. The summed E-state index contributed by atoms with van der Waals surface area (Å²) in [6.45, 7) is 1.16. The zero-order chi connectivity index (χ0) is 20.8. The fourth-order valence-electron chi connectivity index (χ4n) is 3.75. The molecule has 0 unspecified atom stereocenters. The first-order valence-corrected chi connectivity index (χ1v) is 9.36. The lowest BCUT2D eigenvalue weighted by atomic mass is 10.1. The van der Waals surface area contributed by atoms with Crippen molar-refractivity contribution in [3.05, 3.63) is 91.0 Å². The summed E-state index contributed by atoms with van der Waals surface area (Å²) in [7, 11) is 0. The van der Waals surface area contributed by atoms with Gasteiger partial charge in [0, 0.05) is 51.0 Å². The van der Waals surface area contributed by atoms with E-state index in [-0.39, 0.29) is 34.6 Å². The summed E-state index contributed by atoms with van der Waals surface area (Å²) in [4.78, 5) is 59.0. The lowest BCUT2D eigenvalue weighted by Gasteiger charge is -2.01. The first-order chi connectivity index (χ1) is 14.5. The van der Waals surface area contributed by atoms with E-state index in [2.05, 4.69) is 9.97 Å². The third-order valence-corrected chi connectivity index (χ3v) is 5.34. The van der Waals surface area contributed by atoms with Crippen molar-refractivity contribution >= 4 is 21.5 Å². The molecule has 0 radical (unpaired) electrons. The van der Waals surface area contributed by atoms with Gasteiger partial charge in [0.1, 0.15) is 0 Å². The predicted molar refractivity (Wildman–Crippen MR) is 109 cm³/mol. The van der Waals surface area contributed by atoms with Gasteiger partial charge in [-0.1, -0.05) is 0 Å². The van der Waals surface area contributed by atoms with E-state index in [4.69, 9.17) is 0 Å². The Morgan fingerprint density at radius 1 is 0.567 bits per heavy atom. The van der Waals surface area contributed by atoms with Crippen LogP contribution in [0.25, 0.3) is 21.5 Å². The third kappa shape index (κ3) is 2.72. The van der Waals surface area contributed by atoms with Gasteiger partial charge >= 0.3 is 0 Å². The summed E-state index contributed by atoms with van der Waals surface area (Å²) in [5.41, 5.74) is -1.85.